The van der Waals surface area contributed by atoms with Crippen molar-refractivity contribution < 1.29 is 9.53 Å². The molecule has 0 saturated carbocycles. The zero-order valence-electron chi connectivity index (χ0n) is 9.74. The van der Waals surface area contributed by atoms with Crippen LogP contribution in [0.1, 0.15) is 23.3 Å². The normalized spacial score (nSPS) is 16.9. The van der Waals surface area contributed by atoms with Gasteiger partial charge < -0.3 is 20.4 Å². The summed E-state index contributed by atoms with van der Waals surface area (Å²) in [5.41, 5.74) is 0.479. The molecule has 1 aliphatic rings. The summed E-state index contributed by atoms with van der Waals surface area (Å²) < 4.78 is 5.67. The van der Waals surface area contributed by atoms with Gasteiger partial charge in [0.25, 0.3) is 5.91 Å². The number of H-pyrrole nitrogens is 1. The van der Waals surface area contributed by atoms with Gasteiger partial charge >= 0.3 is 0 Å². The molecule has 1 aromatic heterocycles. The monoisotopic (exact) mass is 238 g/mol. The number of piperidine rings is 1. The number of hydrogen-bond donors (Lipinski definition) is 3. The zero-order valence-corrected chi connectivity index (χ0v) is 9.74. The zero-order chi connectivity index (χ0) is 11.9. The number of aromatic nitrogens is 2. The molecule has 6 nitrogen and oxygen atoms in total. The smallest absolute Gasteiger partial charge is 0.269 e. The Kier molecular flexibility index (Phi) is 4.52. The lowest BCUT2D eigenvalue weighted by Crippen LogP contribution is -2.34. The fraction of sp³-hybridized carbons (Fsp3) is 0.636. The van der Waals surface area contributed by atoms with E-state index in [1.54, 1.807) is 0 Å². The highest BCUT2D eigenvalue weighted by Crippen LogP contribution is 2.06. The lowest BCUT2D eigenvalue weighted by Gasteiger charge is -2.22. The second-order valence-electron chi connectivity index (χ2n) is 4.04. The predicted molar refractivity (Wildman–Crippen MR) is 62.8 cm³/mol. The highest BCUT2D eigenvalue weighted by molar-refractivity contribution is 5.91. The van der Waals surface area contributed by atoms with Crippen LogP contribution in [0.15, 0.2) is 12.5 Å². The van der Waals surface area contributed by atoms with Crippen LogP contribution < -0.4 is 10.6 Å². The van der Waals surface area contributed by atoms with E-state index in [9.17, 15) is 4.79 Å². The Labute approximate surface area is 100 Å². The number of imidazole rings is 1. The SMILES string of the molecule is O=C(NCCOC1CCNCC1)c1cnc[nH]1. The minimum Gasteiger partial charge on any atom is -0.376 e. The van der Waals surface area contributed by atoms with E-state index in [1.807, 2.05) is 0 Å². The van der Waals surface area contributed by atoms with Crippen LogP contribution in [-0.4, -0.2) is 48.2 Å². The van der Waals surface area contributed by atoms with Crippen molar-refractivity contribution in [3.05, 3.63) is 18.2 Å². The molecular formula is C11H18N4O2. The molecule has 1 saturated heterocycles. The van der Waals surface area contributed by atoms with E-state index in [1.165, 1.54) is 12.5 Å². The summed E-state index contributed by atoms with van der Waals surface area (Å²) in [6.07, 6.45) is 5.42. The Bertz CT molecular complexity index is 333. The number of aromatic amines is 1. The van der Waals surface area contributed by atoms with Gasteiger partial charge in [0.15, 0.2) is 0 Å². The molecule has 0 radical (unpaired) electrons. The number of ether oxygens (including phenoxy) is 1. The Morgan fingerprint density at radius 2 is 2.35 bits per heavy atom. The quantitative estimate of drug-likeness (QED) is 0.626. The molecule has 1 amide bonds. The van der Waals surface area contributed by atoms with Gasteiger partial charge in [0.2, 0.25) is 0 Å². The average Bonchev–Trinajstić information content (AvgIpc) is 2.89. The minimum absolute atomic E-state index is 0.142. The van der Waals surface area contributed by atoms with Crippen molar-refractivity contribution in [1.29, 1.82) is 0 Å². The number of carbonyl (C=O) groups is 1. The summed E-state index contributed by atoms with van der Waals surface area (Å²) in [6.45, 7) is 3.13. The summed E-state index contributed by atoms with van der Waals surface area (Å²) in [5.74, 6) is -0.142. The largest absolute Gasteiger partial charge is 0.376 e. The fourth-order valence-electron chi connectivity index (χ4n) is 1.83. The van der Waals surface area contributed by atoms with E-state index in [4.69, 9.17) is 4.74 Å². The summed E-state index contributed by atoms with van der Waals surface area (Å²) in [7, 11) is 0. The number of nitrogens with one attached hydrogen (secondary N) is 3. The fourth-order valence-corrected chi connectivity index (χ4v) is 1.83. The molecular weight excluding hydrogens is 220 g/mol. The first-order chi connectivity index (χ1) is 8.36. The molecule has 0 atom stereocenters. The van der Waals surface area contributed by atoms with Crippen molar-refractivity contribution in [2.75, 3.05) is 26.2 Å². The summed E-state index contributed by atoms with van der Waals surface area (Å²) in [6, 6.07) is 0. The van der Waals surface area contributed by atoms with Crippen LogP contribution in [0.2, 0.25) is 0 Å². The van der Waals surface area contributed by atoms with Crippen molar-refractivity contribution >= 4 is 5.91 Å². The van der Waals surface area contributed by atoms with Gasteiger partial charge in [-0.05, 0) is 25.9 Å². The van der Waals surface area contributed by atoms with Crippen molar-refractivity contribution in [2.24, 2.45) is 0 Å². The summed E-state index contributed by atoms with van der Waals surface area (Å²) in [5, 5.41) is 6.05. The van der Waals surface area contributed by atoms with Crippen molar-refractivity contribution in [1.82, 2.24) is 20.6 Å². The van der Waals surface area contributed by atoms with Crippen LogP contribution in [0.3, 0.4) is 0 Å². The second kappa shape index (κ2) is 6.36. The molecule has 1 aromatic rings. The van der Waals surface area contributed by atoms with E-state index in [2.05, 4.69) is 20.6 Å². The van der Waals surface area contributed by atoms with Crippen LogP contribution in [0.4, 0.5) is 0 Å². The third-order valence-electron chi connectivity index (χ3n) is 2.77. The highest BCUT2D eigenvalue weighted by Gasteiger charge is 2.13. The van der Waals surface area contributed by atoms with Crippen molar-refractivity contribution in [3.8, 4) is 0 Å². The van der Waals surface area contributed by atoms with E-state index >= 15 is 0 Å². The second-order valence-corrected chi connectivity index (χ2v) is 4.04. The first-order valence-corrected chi connectivity index (χ1v) is 5.95. The molecule has 3 N–H and O–H groups in total. The van der Waals surface area contributed by atoms with Gasteiger partial charge in [-0.25, -0.2) is 4.98 Å². The first kappa shape index (κ1) is 12.1. The number of carbonyl (C=O) groups excluding carboxylic acids is 1. The molecule has 0 bridgehead atoms. The summed E-state index contributed by atoms with van der Waals surface area (Å²) >= 11 is 0. The molecule has 94 valence electrons. The molecule has 1 aliphatic heterocycles. The molecule has 6 heteroatoms. The third-order valence-corrected chi connectivity index (χ3v) is 2.77. The Morgan fingerprint density at radius 1 is 1.53 bits per heavy atom. The van der Waals surface area contributed by atoms with Crippen LogP contribution in [0.25, 0.3) is 0 Å². The maximum absolute atomic E-state index is 11.5. The van der Waals surface area contributed by atoms with E-state index in [0.717, 1.165) is 25.9 Å². The minimum atomic E-state index is -0.142. The van der Waals surface area contributed by atoms with Gasteiger partial charge in [-0.2, -0.15) is 0 Å². The molecule has 2 heterocycles. The Hall–Kier alpha value is -1.40. The van der Waals surface area contributed by atoms with E-state index < -0.39 is 0 Å². The van der Waals surface area contributed by atoms with E-state index in [0.29, 0.717) is 24.9 Å². The molecule has 0 spiro atoms. The number of hydrogen-bond acceptors (Lipinski definition) is 4. The van der Waals surface area contributed by atoms with Gasteiger partial charge in [-0.3, -0.25) is 4.79 Å². The maximum atomic E-state index is 11.5. The molecule has 17 heavy (non-hydrogen) atoms. The molecule has 2 rings (SSSR count). The highest BCUT2D eigenvalue weighted by atomic mass is 16.5. The maximum Gasteiger partial charge on any atom is 0.269 e. The van der Waals surface area contributed by atoms with Crippen LogP contribution in [0, 0.1) is 0 Å². The van der Waals surface area contributed by atoms with Crippen molar-refractivity contribution in [2.45, 2.75) is 18.9 Å². The molecule has 0 aromatic carbocycles. The number of nitrogens with zero attached hydrogens (tertiary/aromatic N) is 1. The van der Waals surface area contributed by atoms with Crippen LogP contribution in [-0.2, 0) is 4.74 Å². The molecule has 1 fully saturated rings. The van der Waals surface area contributed by atoms with Crippen LogP contribution >= 0.6 is 0 Å². The Balaban J connectivity index is 1.58. The summed E-state index contributed by atoms with van der Waals surface area (Å²) in [4.78, 5) is 18.1. The number of amides is 1. The van der Waals surface area contributed by atoms with Gasteiger partial charge in [0.05, 0.1) is 25.2 Å². The van der Waals surface area contributed by atoms with Crippen LogP contribution in [0.5, 0.6) is 0 Å². The van der Waals surface area contributed by atoms with Gasteiger partial charge in [-0.15, -0.1) is 0 Å². The topological polar surface area (TPSA) is 79.0 Å². The lowest BCUT2D eigenvalue weighted by molar-refractivity contribution is 0.0343. The standard InChI is InChI=1S/C11H18N4O2/c16-11(10-7-13-8-15-10)14-5-6-17-9-1-3-12-4-2-9/h7-9,12H,1-6H2,(H,13,15)(H,14,16). The average molecular weight is 238 g/mol. The number of rotatable bonds is 5. The first-order valence-electron chi connectivity index (χ1n) is 5.95. The van der Waals surface area contributed by atoms with Gasteiger partial charge in [-0.1, -0.05) is 0 Å². The van der Waals surface area contributed by atoms with Gasteiger partial charge in [0, 0.05) is 6.54 Å². The third kappa shape index (κ3) is 3.83. The van der Waals surface area contributed by atoms with Gasteiger partial charge in [0.1, 0.15) is 5.69 Å². The molecule has 0 aliphatic carbocycles. The lowest BCUT2D eigenvalue weighted by atomic mass is 10.1. The molecule has 0 unspecified atom stereocenters. The van der Waals surface area contributed by atoms with E-state index in [-0.39, 0.29) is 5.91 Å². The van der Waals surface area contributed by atoms with Crippen molar-refractivity contribution in [3.63, 3.8) is 0 Å². The predicted octanol–water partition coefficient (Wildman–Crippen LogP) is -0.0919. The Morgan fingerprint density at radius 3 is 3.06 bits per heavy atom.